The van der Waals surface area contributed by atoms with Crippen molar-refractivity contribution in [3.05, 3.63) is 48.3 Å². The van der Waals surface area contributed by atoms with Gasteiger partial charge in [0, 0.05) is 37.5 Å². The van der Waals surface area contributed by atoms with Gasteiger partial charge in [-0.05, 0) is 12.1 Å². The molecule has 1 amide bonds. The van der Waals surface area contributed by atoms with E-state index in [0.29, 0.717) is 37.5 Å². The Kier molecular flexibility index (Phi) is 4.40. The van der Waals surface area contributed by atoms with Crippen molar-refractivity contribution in [1.29, 1.82) is 5.26 Å². The van der Waals surface area contributed by atoms with Crippen LogP contribution in [0, 0.1) is 11.3 Å². The summed E-state index contributed by atoms with van der Waals surface area (Å²) >= 11 is 0. The van der Waals surface area contributed by atoms with Crippen molar-refractivity contribution in [2.45, 2.75) is 6.42 Å². The van der Waals surface area contributed by atoms with Crippen LogP contribution in [0.4, 0.5) is 11.6 Å². The zero-order chi connectivity index (χ0) is 21.5. The largest absolute Gasteiger partial charge is 0.382 e. The van der Waals surface area contributed by atoms with E-state index in [1.807, 2.05) is 30.3 Å². The number of nitrogens with zero attached hydrogens (tertiary/aromatic N) is 6. The number of amides is 1. The van der Waals surface area contributed by atoms with Gasteiger partial charge in [0.05, 0.1) is 17.3 Å². The van der Waals surface area contributed by atoms with E-state index in [1.54, 1.807) is 6.20 Å². The van der Waals surface area contributed by atoms with Gasteiger partial charge in [-0.2, -0.15) is 14.9 Å². The van der Waals surface area contributed by atoms with Crippen LogP contribution >= 0.6 is 0 Å². The summed E-state index contributed by atoms with van der Waals surface area (Å²) in [6, 6.07) is 12.4. The van der Waals surface area contributed by atoms with Crippen LogP contribution < -0.4 is 20.5 Å². The monoisotopic (exact) mass is 413 g/mol. The summed E-state index contributed by atoms with van der Waals surface area (Å²) in [5, 5.41) is 18.1. The number of pyridine rings is 1. The molecule has 5 rings (SSSR count). The highest BCUT2D eigenvalue weighted by atomic mass is 16.1. The van der Waals surface area contributed by atoms with Crippen LogP contribution in [0.3, 0.4) is 0 Å². The molecule has 1 aliphatic rings. The fourth-order valence-corrected chi connectivity index (χ4v) is 4.08. The number of nitriles is 1. The van der Waals surface area contributed by atoms with Crippen molar-refractivity contribution in [3.8, 4) is 17.2 Å². The van der Waals surface area contributed by atoms with Crippen molar-refractivity contribution >= 4 is 34.1 Å². The third-order valence-corrected chi connectivity index (χ3v) is 5.66. The van der Waals surface area contributed by atoms with E-state index >= 15 is 0 Å². The molecule has 1 fully saturated rings. The summed E-state index contributed by atoms with van der Waals surface area (Å²) in [5.41, 5.74) is 10.1. The van der Waals surface area contributed by atoms with Gasteiger partial charge >= 0.3 is 0 Å². The van der Waals surface area contributed by atoms with Gasteiger partial charge in [0.2, 0.25) is 11.4 Å². The number of hydrogen-bond acceptors (Lipinski definition) is 6. The number of benzene rings is 1. The molecule has 0 spiro atoms. The Balaban J connectivity index is 1.70. The summed E-state index contributed by atoms with van der Waals surface area (Å²) in [5.74, 6) is 0.710. The topological polar surface area (TPSA) is 116 Å². The number of aryl methyl sites for hydroxylation is 1. The highest BCUT2D eigenvalue weighted by molar-refractivity contribution is 5.86. The Hall–Kier alpha value is -4.19. The lowest BCUT2D eigenvalue weighted by Crippen LogP contribution is -2.30. The van der Waals surface area contributed by atoms with Gasteiger partial charge in [-0.25, -0.2) is 9.55 Å². The number of nitrogens with one attached hydrogen (secondary N) is 1. The minimum absolute atomic E-state index is 0.0104. The lowest BCUT2D eigenvalue weighted by Gasteiger charge is -2.22. The van der Waals surface area contributed by atoms with Gasteiger partial charge in [0.15, 0.2) is 17.7 Å². The van der Waals surface area contributed by atoms with Crippen molar-refractivity contribution in [2.24, 2.45) is 7.05 Å². The third-order valence-electron chi connectivity index (χ3n) is 5.66. The molecule has 3 N–H and O–H groups in total. The second-order valence-electron chi connectivity index (χ2n) is 7.59. The highest BCUT2D eigenvalue weighted by Crippen LogP contribution is 2.31. The Morgan fingerprint density at radius 2 is 2.13 bits per heavy atom. The number of nitrogen functional groups attached to an aromatic ring is 1. The molecule has 0 aliphatic carbocycles. The lowest BCUT2D eigenvalue weighted by molar-refractivity contribution is -0.644. The second-order valence-corrected chi connectivity index (χ2v) is 7.59. The van der Waals surface area contributed by atoms with Gasteiger partial charge < -0.3 is 16.0 Å². The van der Waals surface area contributed by atoms with Gasteiger partial charge in [-0.1, -0.05) is 12.1 Å². The van der Waals surface area contributed by atoms with Crippen molar-refractivity contribution in [2.75, 3.05) is 30.3 Å². The van der Waals surface area contributed by atoms with Gasteiger partial charge in [-0.15, -0.1) is 0 Å². The summed E-state index contributed by atoms with van der Waals surface area (Å²) in [6.07, 6.45) is 4.09. The first-order chi connectivity index (χ1) is 15.1. The number of nitrogens with two attached hydrogens (primary N) is 1. The quantitative estimate of drug-likeness (QED) is 0.476. The number of rotatable bonds is 2. The number of para-hydroxylation sites is 1. The Labute approximate surface area is 178 Å². The van der Waals surface area contributed by atoms with Gasteiger partial charge in [-0.3, -0.25) is 4.79 Å². The smallest absolute Gasteiger partial charge is 0.221 e. The van der Waals surface area contributed by atoms with E-state index in [0.717, 1.165) is 22.0 Å². The van der Waals surface area contributed by atoms with Crippen molar-refractivity contribution < 1.29 is 9.36 Å². The van der Waals surface area contributed by atoms with E-state index in [1.165, 1.54) is 4.52 Å². The zero-order valence-electron chi connectivity index (χ0n) is 17.0. The minimum Gasteiger partial charge on any atom is -0.382 e. The molecule has 1 aliphatic heterocycles. The van der Waals surface area contributed by atoms with Crippen LogP contribution in [0.15, 0.2) is 42.7 Å². The van der Waals surface area contributed by atoms with E-state index in [2.05, 4.69) is 39.3 Å². The summed E-state index contributed by atoms with van der Waals surface area (Å²) in [6.45, 7) is 1.51. The molecule has 1 aromatic carbocycles. The molecule has 3 aromatic heterocycles. The molecule has 0 saturated carbocycles. The van der Waals surface area contributed by atoms with E-state index in [9.17, 15) is 10.1 Å². The average molecular weight is 413 g/mol. The molecule has 0 bridgehead atoms. The highest BCUT2D eigenvalue weighted by Gasteiger charge is 2.24. The predicted molar refractivity (Wildman–Crippen MR) is 116 cm³/mol. The molecule has 4 heterocycles. The molecule has 31 heavy (non-hydrogen) atoms. The third kappa shape index (κ3) is 3.09. The van der Waals surface area contributed by atoms with E-state index in [-0.39, 0.29) is 17.3 Å². The maximum atomic E-state index is 11.8. The molecule has 154 valence electrons. The lowest BCUT2D eigenvalue weighted by atomic mass is 10.1. The number of hydrogen-bond donors (Lipinski definition) is 2. The number of carbonyl (C=O) groups is 1. The molecule has 0 atom stereocenters. The molecule has 0 radical (unpaired) electrons. The SMILES string of the molecule is C[n+]1cc(-c2cnn3c(N)c(C#N)c(N4CCNC(=O)CC4)nc23)cc2ccccc21. The summed E-state index contributed by atoms with van der Waals surface area (Å²) in [7, 11) is 2.00. The Bertz CT molecular complexity index is 1380. The first-order valence-electron chi connectivity index (χ1n) is 10.0. The number of fused-ring (bicyclic) bond motifs is 2. The van der Waals surface area contributed by atoms with Crippen LogP contribution in [0.1, 0.15) is 12.0 Å². The first-order valence-corrected chi connectivity index (χ1v) is 10.0. The first kappa shape index (κ1) is 18.8. The molecule has 4 aromatic rings. The van der Waals surface area contributed by atoms with Crippen LogP contribution in [0.2, 0.25) is 0 Å². The fraction of sp³-hybridized carbons (Fsp3) is 0.227. The Morgan fingerprint density at radius 1 is 1.29 bits per heavy atom. The normalized spacial score (nSPS) is 14.5. The van der Waals surface area contributed by atoms with Gasteiger partial charge in [0.25, 0.3) is 0 Å². The second kappa shape index (κ2) is 7.25. The summed E-state index contributed by atoms with van der Waals surface area (Å²) < 4.78 is 3.57. The fourth-order valence-electron chi connectivity index (χ4n) is 4.08. The number of aromatic nitrogens is 4. The van der Waals surface area contributed by atoms with E-state index < -0.39 is 0 Å². The van der Waals surface area contributed by atoms with Crippen LogP contribution in [-0.2, 0) is 11.8 Å². The molecular weight excluding hydrogens is 392 g/mol. The van der Waals surface area contributed by atoms with Crippen LogP contribution in [0.5, 0.6) is 0 Å². The maximum absolute atomic E-state index is 11.8. The van der Waals surface area contributed by atoms with Crippen molar-refractivity contribution in [3.63, 3.8) is 0 Å². The predicted octanol–water partition coefficient (Wildman–Crippen LogP) is 1.15. The minimum atomic E-state index is -0.0104. The molecule has 9 nitrogen and oxygen atoms in total. The average Bonchev–Trinajstić information content (AvgIpc) is 3.08. The Morgan fingerprint density at radius 3 is 2.97 bits per heavy atom. The summed E-state index contributed by atoms with van der Waals surface area (Å²) in [4.78, 5) is 18.5. The molecule has 0 unspecified atom stereocenters. The van der Waals surface area contributed by atoms with Crippen LogP contribution in [0.25, 0.3) is 27.7 Å². The maximum Gasteiger partial charge on any atom is 0.221 e. The molecular formula is C22H21N8O+. The molecule has 9 heteroatoms. The zero-order valence-corrected chi connectivity index (χ0v) is 17.0. The standard InChI is InChI=1S/C22H20N8O/c1-28-13-15(10-14-4-2-3-5-18(14)28)17-12-26-30-20(24)16(11-23)21(27-22(17)30)29-8-6-19(31)25-7-9-29/h2-5,10,12-13H,6-9H2,1H3,(H2-,24,25,26,27,31)/p+1. The number of anilines is 2. The van der Waals surface area contributed by atoms with E-state index in [4.69, 9.17) is 10.7 Å². The number of carbonyl (C=O) groups excluding carboxylic acids is 1. The van der Waals surface area contributed by atoms with Crippen molar-refractivity contribution in [1.82, 2.24) is 19.9 Å². The van der Waals surface area contributed by atoms with Gasteiger partial charge in [0.1, 0.15) is 24.5 Å². The molecule has 1 saturated heterocycles. The van der Waals surface area contributed by atoms with Crippen LogP contribution in [-0.4, -0.2) is 40.1 Å².